The molecule has 0 radical (unpaired) electrons. The van der Waals surface area contributed by atoms with Gasteiger partial charge in [-0.2, -0.15) is 5.10 Å². The number of aromatic amines is 1. The molecule has 90 valence electrons. The minimum absolute atomic E-state index is 0.191. The Morgan fingerprint density at radius 2 is 2.28 bits per heavy atom. The SMILES string of the molecule is Cn1ncc(C(=O)O)c1-c1ccc2nc[nH]c2c1. The number of hydrogen-bond acceptors (Lipinski definition) is 3. The molecule has 0 bridgehead atoms. The van der Waals surface area contributed by atoms with Crippen LogP contribution in [-0.4, -0.2) is 30.8 Å². The molecule has 0 saturated carbocycles. The fourth-order valence-electron chi connectivity index (χ4n) is 2.02. The van der Waals surface area contributed by atoms with E-state index in [9.17, 15) is 4.79 Å². The summed E-state index contributed by atoms with van der Waals surface area (Å²) in [5, 5.41) is 13.1. The Labute approximate surface area is 102 Å². The highest BCUT2D eigenvalue weighted by Gasteiger charge is 2.17. The first-order valence-corrected chi connectivity index (χ1v) is 5.35. The number of nitrogens with zero attached hydrogens (tertiary/aromatic N) is 3. The number of aromatic carboxylic acids is 1. The van der Waals surface area contributed by atoms with E-state index in [1.165, 1.54) is 6.20 Å². The molecule has 2 aromatic heterocycles. The molecule has 0 saturated heterocycles. The summed E-state index contributed by atoms with van der Waals surface area (Å²) in [5.41, 5.74) is 3.28. The third-order valence-corrected chi connectivity index (χ3v) is 2.86. The lowest BCUT2D eigenvalue weighted by Gasteiger charge is -2.04. The van der Waals surface area contributed by atoms with Gasteiger partial charge in [0, 0.05) is 12.6 Å². The topological polar surface area (TPSA) is 83.8 Å². The van der Waals surface area contributed by atoms with Gasteiger partial charge in [-0.15, -0.1) is 0 Å². The van der Waals surface area contributed by atoms with Crippen LogP contribution in [-0.2, 0) is 7.05 Å². The van der Waals surface area contributed by atoms with Gasteiger partial charge in [0.05, 0.1) is 29.3 Å². The van der Waals surface area contributed by atoms with E-state index < -0.39 is 5.97 Å². The molecule has 3 rings (SSSR count). The molecule has 0 amide bonds. The molecule has 0 atom stereocenters. The third-order valence-electron chi connectivity index (χ3n) is 2.86. The average Bonchev–Trinajstić information content (AvgIpc) is 2.93. The monoisotopic (exact) mass is 242 g/mol. The van der Waals surface area contributed by atoms with E-state index >= 15 is 0 Å². The summed E-state index contributed by atoms with van der Waals surface area (Å²) in [6.07, 6.45) is 2.96. The van der Waals surface area contributed by atoms with Crippen molar-refractivity contribution in [3.63, 3.8) is 0 Å². The number of rotatable bonds is 2. The minimum Gasteiger partial charge on any atom is -0.478 e. The first-order chi connectivity index (χ1) is 8.66. The van der Waals surface area contributed by atoms with E-state index in [-0.39, 0.29) is 5.56 Å². The van der Waals surface area contributed by atoms with Gasteiger partial charge in [-0.05, 0) is 12.1 Å². The molecule has 6 heteroatoms. The fourth-order valence-corrected chi connectivity index (χ4v) is 2.02. The van der Waals surface area contributed by atoms with Crippen LogP contribution in [0.4, 0.5) is 0 Å². The summed E-state index contributed by atoms with van der Waals surface area (Å²) in [5.74, 6) is -0.984. The molecule has 2 heterocycles. The number of carboxylic acid groups (broad SMARTS) is 1. The van der Waals surface area contributed by atoms with Crippen LogP contribution in [0.2, 0.25) is 0 Å². The third kappa shape index (κ3) is 1.46. The summed E-state index contributed by atoms with van der Waals surface area (Å²) in [4.78, 5) is 18.3. The second-order valence-electron chi connectivity index (χ2n) is 3.97. The van der Waals surface area contributed by atoms with Crippen LogP contribution < -0.4 is 0 Å². The van der Waals surface area contributed by atoms with E-state index in [0.29, 0.717) is 5.69 Å². The fraction of sp³-hybridized carbons (Fsp3) is 0.0833. The highest BCUT2D eigenvalue weighted by Crippen LogP contribution is 2.25. The Morgan fingerprint density at radius 1 is 1.44 bits per heavy atom. The Hall–Kier alpha value is -2.63. The van der Waals surface area contributed by atoms with E-state index in [1.54, 1.807) is 18.1 Å². The van der Waals surface area contributed by atoms with Crippen LogP contribution in [0, 0.1) is 0 Å². The lowest BCUT2D eigenvalue weighted by Crippen LogP contribution is -2.00. The predicted octanol–water partition coefficient (Wildman–Crippen LogP) is 1.66. The molecule has 0 unspecified atom stereocenters. The van der Waals surface area contributed by atoms with Crippen LogP contribution in [0.25, 0.3) is 22.3 Å². The number of H-pyrrole nitrogens is 1. The molecule has 3 aromatic rings. The highest BCUT2D eigenvalue weighted by molar-refractivity contribution is 5.95. The first kappa shape index (κ1) is 10.5. The second-order valence-corrected chi connectivity index (χ2v) is 3.97. The molecular formula is C12H10N4O2. The number of hydrogen-bond donors (Lipinski definition) is 2. The smallest absolute Gasteiger partial charge is 0.339 e. The van der Waals surface area contributed by atoms with Gasteiger partial charge in [-0.1, -0.05) is 6.07 Å². The number of carbonyl (C=O) groups is 1. The number of nitrogens with one attached hydrogen (secondary N) is 1. The molecule has 0 aliphatic rings. The normalized spacial score (nSPS) is 10.9. The van der Waals surface area contributed by atoms with Crippen molar-refractivity contribution >= 4 is 17.0 Å². The lowest BCUT2D eigenvalue weighted by atomic mass is 10.1. The van der Waals surface area contributed by atoms with E-state index in [2.05, 4.69) is 15.1 Å². The van der Waals surface area contributed by atoms with Crippen LogP contribution in [0.1, 0.15) is 10.4 Å². The Bertz CT molecular complexity index is 741. The number of carboxylic acids is 1. The van der Waals surface area contributed by atoms with Gasteiger partial charge in [0.25, 0.3) is 0 Å². The van der Waals surface area contributed by atoms with Gasteiger partial charge in [0.15, 0.2) is 0 Å². The zero-order valence-corrected chi connectivity index (χ0v) is 9.58. The van der Waals surface area contributed by atoms with Crippen molar-refractivity contribution in [3.05, 3.63) is 36.3 Å². The zero-order valence-electron chi connectivity index (χ0n) is 9.58. The quantitative estimate of drug-likeness (QED) is 0.715. The number of benzene rings is 1. The van der Waals surface area contributed by atoms with Gasteiger partial charge >= 0.3 is 5.97 Å². The standard InChI is InChI=1S/C12H10N4O2/c1-16-11(8(5-15-16)12(17)18)7-2-3-9-10(4-7)14-6-13-9/h2-6H,1H3,(H,13,14)(H,17,18). The van der Waals surface area contributed by atoms with Crippen molar-refractivity contribution in [2.75, 3.05) is 0 Å². The second kappa shape index (κ2) is 3.69. The number of fused-ring (bicyclic) bond motifs is 1. The van der Waals surface area contributed by atoms with Crippen LogP contribution in [0.15, 0.2) is 30.7 Å². The maximum Gasteiger partial charge on any atom is 0.339 e. The van der Waals surface area contributed by atoms with Crippen LogP contribution in [0.5, 0.6) is 0 Å². The van der Waals surface area contributed by atoms with Crippen molar-refractivity contribution in [1.29, 1.82) is 0 Å². The summed E-state index contributed by atoms with van der Waals surface area (Å²) >= 11 is 0. The summed E-state index contributed by atoms with van der Waals surface area (Å²) in [7, 11) is 1.72. The molecule has 6 nitrogen and oxygen atoms in total. The largest absolute Gasteiger partial charge is 0.478 e. The van der Waals surface area contributed by atoms with Gasteiger partial charge in [-0.25, -0.2) is 9.78 Å². The molecule has 0 aliphatic carbocycles. The van der Waals surface area contributed by atoms with Crippen molar-refractivity contribution in [3.8, 4) is 11.3 Å². The number of imidazole rings is 1. The predicted molar refractivity (Wildman–Crippen MR) is 65.3 cm³/mol. The van der Waals surface area contributed by atoms with Gasteiger partial charge in [-0.3, -0.25) is 4.68 Å². The maximum atomic E-state index is 11.1. The van der Waals surface area contributed by atoms with Crippen LogP contribution in [0.3, 0.4) is 0 Å². The Balaban J connectivity index is 2.24. The molecule has 0 spiro atoms. The van der Waals surface area contributed by atoms with Crippen LogP contribution >= 0.6 is 0 Å². The maximum absolute atomic E-state index is 11.1. The van der Waals surface area contributed by atoms with Crippen molar-refractivity contribution < 1.29 is 9.90 Å². The Kier molecular flexibility index (Phi) is 2.16. The molecule has 18 heavy (non-hydrogen) atoms. The first-order valence-electron chi connectivity index (χ1n) is 5.35. The van der Waals surface area contributed by atoms with Gasteiger partial charge in [0.2, 0.25) is 0 Å². The molecule has 2 N–H and O–H groups in total. The minimum atomic E-state index is -0.984. The number of aromatic nitrogens is 4. The van der Waals surface area contributed by atoms with Crippen molar-refractivity contribution in [2.45, 2.75) is 0 Å². The lowest BCUT2D eigenvalue weighted by molar-refractivity contribution is 0.0697. The van der Waals surface area contributed by atoms with Gasteiger partial charge in [0.1, 0.15) is 5.56 Å². The van der Waals surface area contributed by atoms with E-state index in [4.69, 9.17) is 5.11 Å². The van der Waals surface area contributed by atoms with E-state index in [1.807, 2.05) is 18.2 Å². The van der Waals surface area contributed by atoms with E-state index in [0.717, 1.165) is 16.6 Å². The summed E-state index contributed by atoms with van der Waals surface area (Å²) < 4.78 is 1.56. The highest BCUT2D eigenvalue weighted by atomic mass is 16.4. The molecule has 1 aromatic carbocycles. The average molecular weight is 242 g/mol. The van der Waals surface area contributed by atoms with Gasteiger partial charge < -0.3 is 10.1 Å². The Morgan fingerprint density at radius 3 is 3.06 bits per heavy atom. The summed E-state index contributed by atoms with van der Waals surface area (Å²) in [6.45, 7) is 0. The van der Waals surface area contributed by atoms with Crippen molar-refractivity contribution in [1.82, 2.24) is 19.7 Å². The molecule has 0 fully saturated rings. The van der Waals surface area contributed by atoms with Crippen molar-refractivity contribution in [2.24, 2.45) is 7.05 Å². The molecule has 0 aliphatic heterocycles. The zero-order chi connectivity index (χ0) is 12.7. The summed E-state index contributed by atoms with van der Waals surface area (Å²) in [6, 6.07) is 5.55. The molecular weight excluding hydrogens is 232 g/mol. The number of aryl methyl sites for hydroxylation is 1.